The lowest BCUT2D eigenvalue weighted by Gasteiger charge is -2.19. The predicted octanol–water partition coefficient (Wildman–Crippen LogP) is 3.96. The van der Waals surface area contributed by atoms with Crippen LogP contribution in [0.25, 0.3) is 0 Å². The van der Waals surface area contributed by atoms with E-state index in [1.54, 1.807) is 6.07 Å². The number of amides is 1. The highest BCUT2D eigenvalue weighted by molar-refractivity contribution is 9.10. The standard InChI is InChI=1S/C19H20BrNO3/c1-13-6-5-9-16(18(13)20)19(24)21-15(10-11-17(22)23)12-14-7-3-2-4-8-14/h2-9,15H,10-12H2,1H3,(H,21,24)(H,22,23). The van der Waals surface area contributed by atoms with Crippen molar-refractivity contribution in [1.82, 2.24) is 5.32 Å². The molecular weight excluding hydrogens is 370 g/mol. The molecule has 1 unspecified atom stereocenters. The second-order valence-corrected chi connectivity index (χ2v) is 6.52. The van der Waals surface area contributed by atoms with Crippen LogP contribution in [0.5, 0.6) is 0 Å². The Labute approximate surface area is 150 Å². The van der Waals surface area contributed by atoms with E-state index < -0.39 is 5.97 Å². The molecule has 0 bridgehead atoms. The average Bonchev–Trinajstić information content (AvgIpc) is 2.56. The molecule has 0 aliphatic carbocycles. The van der Waals surface area contributed by atoms with Gasteiger partial charge in [-0.15, -0.1) is 0 Å². The first-order chi connectivity index (χ1) is 11.5. The summed E-state index contributed by atoms with van der Waals surface area (Å²) < 4.78 is 0.763. The predicted molar refractivity (Wildman–Crippen MR) is 97.1 cm³/mol. The first kappa shape index (κ1) is 18.2. The Hall–Kier alpha value is -2.14. The number of carbonyl (C=O) groups excluding carboxylic acids is 1. The summed E-state index contributed by atoms with van der Waals surface area (Å²) >= 11 is 3.44. The van der Waals surface area contributed by atoms with E-state index in [-0.39, 0.29) is 18.4 Å². The summed E-state index contributed by atoms with van der Waals surface area (Å²) in [6.45, 7) is 1.92. The Balaban J connectivity index is 2.12. The second kappa shape index (κ2) is 8.64. The molecule has 5 heteroatoms. The van der Waals surface area contributed by atoms with Crippen molar-refractivity contribution in [3.05, 3.63) is 69.7 Å². The largest absolute Gasteiger partial charge is 0.481 e. The van der Waals surface area contributed by atoms with Crippen molar-refractivity contribution in [3.8, 4) is 0 Å². The zero-order valence-corrected chi connectivity index (χ0v) is 15.0. The van der Waals surface area contributed by atoms with Crippen LogP contribution in [0.1, 0.15) is 34.3 Å². The molecule has 24 heavy (non-hydrogen) atoms. The number of carboxylic acid groups (broad SMARTS) is 1. The molecule has 126 valence electrons. The molecule has 2 aromatic carbocycles. The van der Waals surface area contributed by atoms with Crippen LogP contribution >= 0.6 is 15.9 Å². The summed E-state index contributed by atoms with van der Waals surface area (Å²) in [5, 5.41) is 11.9. The van der Waals surface area contributed by atoms with Crippen molar-refractivity contribution in [2.75, 3.05) is 0 Å². The molecule has 0 fully saturated rings. The first-order valence-electron chi connectivity index (χ1n) is 7.79. The number of aryl methyl sites for hydroxylation is 1. The van der Waals surface area contributed by atoms with Crippen LogP contribution in [0.4, 0.5) is 0 Å². The van der Waals surface area contributed by atoms with E-state index >= 15 is 0 Å². The van der Waals surface area contributed by atoms with Crippen molar-refractivity contribution < 1.29 is 14.7 Å². The first-order valence-corrected chi connectivity index (χ1v) is 8.58. The normalized spacial score (nSPS) is 11.8. The molecular formula is C19H20BrNO3. The lowest BCUT2D eigenvalue weighted by Crippen LogP contribution is -2.37. The maximum Gasteiger partial charge on any atom is 0.303 e. The topological polar surface area (TPSA) is 66.4 Å². The smallest absolute Gasteiger partial charge is 0.303 e. The number of halogens is 1. The van der Waals surface area contributed by atoms with Crippen LogP contribution < -0.4 is 5.32 Å². The number of aliphatic carboxylic acids is 1. The molecule has 1 amide bonds. The van der Waals surface area contributed by atoms with E-state index in [0.29, 0.717) is 18.4 Å². The van der Waals surface area contributed by atoms with E-state index in [9.17, 15) is 9.59 Å². The van der Waals surface area contributed by atoms with Gasteiger partial charge in [-0.25, -0.2) is 0 Å². The van der Waals surface area contributed by atoms with Crippen LogP contribution in [0, 0.1) is 6.92 Å². The fraction of sp³-hybridized carbons (Fsp3) is 0.263. The minimum Gasteiger partial charge on any atom is -0.481 e. The van der Waals surface area contributed by atoms with Crippen LogP contribution in [0.2, 0.25) is 0 Å². The number of carbonyl (C=O) groups is 2. The van der Waals surface area contributed by atoms with Gasteiger partial charge in [0.1, 0.15) is 0 Å². The van der Waals surface area contributed by atoms with Crippen molar-refractivity contribution in [2.45, 2.75) is 32.2 Å². The lowest BCUT2D eigenvalue weighted by atomic mass is 10.0. The van der Waals surface area contributed by atoms with Gasteiger partial charge in [0.05, 0.1) is 5.56 Å². The molecule has 0 spiro atoms. The molecule has 0 saturated carbocycles. The Morgan fingerprint density at radius 2 is 1.83 bits per heavy atom. The Morgan fingerprint density at radius 3 is 2.50 bits per heavy atom. The molecule has 1 atom stereocenters. The zero-order chi connectivity index (χ0) is 17.5. The number of benzene rings is 2. The van der Waals surface area contributed by atoms with Crippen molar-refractivity contribution in [3.63, 3.8) is 0 Å². The van der Waals surface area contributed by atoms with Gasteiger partial charge in [0.15, 0.2) is 0 Å². The number of rotatable bonds is 7. The Morgan fingerprint density at radius 1 is 1.12 bits per heavy atom. The fourth-order valence-electron chi connectivity index (χ4n) is 2.51. The van der Waals surface area contributed by atoms with Crippen LogP contribution in [0.15, 0.2) is 53.0 Å². The number of nitrogens with one attached hydrogen (secondary N) is 1. The zero-order valence-electron chi connectivity index (χ0n) is 13.5. The van der Waals surface area contributed by atoms with E-state index in [0.717, 1.165) is 15.6 Å². The molecule has 0 saturated heterocycles. The van der Waals surface area contributed by atoms with Gasteiger partial charge >= 0.3 is 5.97 Å². The number of hydrogen-bond acceptors (Lipinski definition) is 2. The van der Waals surface area contributed by atoms with Gasteiger partial charge in [-0.05, 0) is 52.9 Å². The average molecular weight is 390 g/mol. The number of hydrogen-bond donors (Lipinski definition) is 2. The molecule has 0 aliphatic rings. The molecule has 0 aromatic heterocycles. The molecule has 2 rings (SSSR count). The molecule has 2 aromatic rings. The van der Waals surface area contributed by atoms with Crippen molar-refractivity contribution in [2.24, 2.45) is 0 Å². The van der Waals surface area contributed by atoms with Gasteiger partial charge in [0.2, 0.25) is 0 Å². The van der Waals surface area contributed by atoms with E-state index in [1.165, 1.54) is 0 Å². The van der Waals surface area contributed by atoms with Gasteiger partial charge in [0.25, 0.3) is 5.91 Å². The van der Waals surface area contributed by atoms with Gasteiger partial charge in [-0.3, -0.25) is 9.59 Å². The quantitative estimate of drug-likeness (QED) is 0.752. The molecule has 0 heterocycles. The minimum atomic E-state index is -0.862. The summed E-state index contributed by atoms with van der Waals surface area (Å²) in [4.78, 5) is 23.5. The lowest BCUT2D eigenvalue weighted by molar-refractivity contribution is -0.137. The van der Waals surface area contributed by atoms with Gasteiger partial charge in [-0.2, -0.15) is 0 Å². The summed E-state index contributed by atoms with van der Waals surface area (Å²) in [7, 11) is 0. The number of carboxylic acids is 1. The fourth-order valence-corrected chi connectivity index (χ4v) is 2.95. The van der Waals surface area contributed by atoms with E-state index in [2.05, 4.69) is 21.2 Å². The van der Waals surface area contributed by atoms with Gasteiger partial charge in [0, 0.05) is 16.9 Å². The molecule has 0 aliphatic heterocycles. The summed E-state index contributed by atoms with van der Waals surface area (Å²) in [5.74, 6) is -1.06. The Kier molecular flexibility index (Phi) is 6.55. The van der Waals surface area contributed by atoms with Crippen molar-refractivity contribution >= 4 is 27.8 Å². The summed E-state index contributed by atoms with van der Waals surface area (Å²) in [6, 6.07) is 15.0. The third kappa shape index (κ3) is 5.20. The van der Waals surface area contributed by atoms with Crippen LogP contribution in [-0.2, 0) is 11.2 Å². The van der Waals surface area contributed by atoms with E-state index in [4.69, 9.17) is 5.11 Å². The maximum absolute atomic E-state index is 12.6. The highest BCUT2D eigenvalue weighted by atomic mass is 79.9. The third-order valence-electron chi connectivity index (χ3n) is 3.80. The monoisotopic (exact) mass is 389 g/mol. The van der Waals surface area contributed by atoms with Crippen LogP contribution in [0.3, 0.4) is 0 Å². The second-order valence-electron chi connectivity index (χ2n) is 5.73. The molecule has 4 nitrogen and oxygen atoms in total. The highest BCUT2D eigenvalue weighted by Crippen LogP contribution is 2.21. The minimum absolute atomic E-state index is 0.0206. The summed E-state index contributed by atoms with van der Waals surface area (Å²) in [5.41, 5.74) is 2.60. The van der Waals surface area contributed by atoms with Crippen LogP contribution in [-0.4, -0.2) is 23.0 Å². The van der Waals surface area contributed by atoms with Crippen molar-refractivity contribution in [1.29, 1.82) is 0 Å². The molecule has 0 radical (unpaired) electrons. The highest BCUT2D eigenvalue weighted by Gasteiger charge is 2.18. The van der Waals surface area contributed by atoms with E-state index in [1.807, 2.05) is 49.4 Å². The maximum atomic E-state index is 12.6. The Bertz CT molecular complexity index is 716. The SMILES string of the molecule is Cc1cccc(C(=O)NC(CCC(=O)O)Cc2ccccc2)c1Br. The van der Waals surface area contributed by atoms with Gasteiger partial charge < -0.3 is 10.4 Å². The molecule has 2 N–H and O–H groups in total. The third-order valence-corrected chi connectivity index (χ3v) is 4.86. The van der Waals surface area contributed by atoms with Gasteiger partial charge in [-0.1, -0.05) is 42.5 Å². The summed E-state index contributed by atoms with van der Waals surface area (Å²) in [6.07, 6.45) is 1.01.